The van der Waals surface area contributed by atoms with Gasteiger partial charge in [-0.05, 0) is 19.3 Å². The van der Waals surface area contributed by atoms with Gasteiger partial charge in [0.25, 0.3) is 0 Å². The van der Waals surface area contributed by atoms with Crippen LogP contribution < -0.4 is 5.32 Å². The quantitative estimate of drug-likeness (QED) is 0.836. The molecule has 104 valence electrons. The number of nitrogens with one attached hydrogen (secondary N) is 1. The summed E-state index contributed by atoms with van der Waals surface area (Å²) in [7, 11) is 0. The lowest BCUT2D eigenvalue weighted by Crippen LogP contribution is -2.42. The first-order chi connectivity index (χ1) is 9.05. The number of amides is 1. The Morgan fingerprint density at radius 2 is 2.26 bits per heavy atom. The van der Waals surface area contributed by atoms with Gasteiger partial charge >= 0.3 is 5.97 Å². The first-order valence-corrected chi connectivity index (χ1v) is 7.31. The first kappa shape index (κ1) is 14.0. The molecular formula is C13H18N2O3S. The number of carbonyl (C=O) groups is 2. The minimum atomic E-state index is -0.851. The molecule has 0 atom stereocenters. The number of aryl methyl sites for hydroxylation is 1. The predicted octanol–water partition coefficient (Wildman–Crippen LogP) is 1.97. The third-order valence-corrected chi connectivity index (χ3v) is 4.79. The Labute approximate surface area is 116 Å². The fourth-order valence-electron chi connectivity index (χ4n) is 2.21. The number of rotatable bonds is 6. The van der Waals surface area contributed by atoms with E-state index in [0.717, 1.165) is 17.8 Å². The van der Waals surface area contributed by atoms with Crippen LogP contribution >= 0.6 is 11.3 Å². The highest BCUT2D eigenvalue weighted by Crippen LogP contribution is 2.44. The number of nitrogens with zero attached hydrogens (tertiary/aromatic N) is 1. The SMILES string of the molecule is CCc1cnc(CNC(=O)CC2(C(=O)O)CCC2)s1. The maximum absolute atomic E-state index is 11.8. The summed E-state index contributed by atoms with van der Waals surface area (Å²) in [6.45, 7) is 2.45. The second-order valence-electron chi connectivity index (χ2n) is 4.97. The molecule has 1 fully saturated rings. The van der Waals surface area contributed by atoms with Crippen LogP contribution in [0.3, 0.4) is 0 Å². The van der Waals surface area contributed by atoms with Gasteiger partial charge in [-0.25, -0.2) is 4.98 Å². The molecule has 0 unspecified atom stereocenters. The average Bonchev–Trinajstić information content (AvgIpc) is 2.78. The van der Waals surface area contributed by atoms with E-state index >= 15 is 0 Å². The zero-order valence-electron chi connectivity index (χ0n) is 10.9. The summed E-state index contributed by atoms with van der Waals surface area (Å²) in [5, 5.41) is 12.8. The second-order valence-corrected chi connectivity index (χ2v) is 6.17. The number of carbonyl (C=O) groups excluding carboxylic acids is 1. The van der Waals surface area contributed by atoms with Crippen LogP contribution in [0, 0.1) is 5.41 Å². The van der Waals surface area contributed by atoms with Gasteiger partial charge in [-0.2, -0.15) is 0 Å². The van der Waals surface area contributed by atoms with E-state index in [2.05, 4.69) is 17.2 Å². The molecule has 1 amide bonds. The lowest BCUT2D eigenvalue weighted by Gasteiger charge is -2.36. The van der Waals surface area contributed by atoms with Gasteiger partial charge in [-0.3, -0.25) is 9.59 Å². The normalized spacial score (nSPS) is 16.7. The monoisotopic (exact) mass is 282 g/mol. The van der Waals surface area contributed by atoms with Gasteiger partial charge in [-0.15, -0.1) is 11.3 Å². The number of hydrogen-bond acceptors (Lipinski definition) is 4. The summed E-state index contributed by atoms with van der Waals surface area (Å²) in [6.07, 6.45) is 4.94. The zero-order chi connectivity index (χ0) is 13.9. The molecule has 1 aliphatic rings. The lowest BCUT2D eigenvalue weighted by molar-refractivity contribution is -0.157. The van der Waals surface area contributed by atoms with Crippen molar-refractivity contribution in [1.82, 2.24) is 10.3 Å². The largest absolute Gasteiger partial charge is 0.481 e. The maximum atomic E-state index is 11.8. The van der Waals surface area contributed by atoms with Crippen molar-refractivity contribution in [3.63, 3.8) is 0 Å². The summed E-state index contributed by atoms with van der Waals surface area (Å²) in [6, 6.07) is 0. The molecule has 1 aliphatic carbocycles. The number of thiazole rings is 1. The zero-order valence-corrected chi connectivity index (χ0v) is 11.8. The van der Waals surface area contributed by atoms with Crippen LogP contribution in [0.25, 0.3) is 0 Å². The van der Waals surface area contributed by atoms with Crippen molar-refractivity contribution in [3.05, 3.63) is 16.1 Å². The highest BCUT2D eigenvalue weighted by molar-refractivity contribution is 7.11. The molecule has 0 bridgehead atoms. The highest BCUT2D eigenvalue weighted by Gasteiger charge is 2.45. The fourth-order valence-corrected chi connectivity index (χ4v) is 3.01. The third kappa shape index (κ3) is 3.12. The Morgan fingerprint density at radius 3 is 2.74 bits per heavy atom. The molecule has 2 rings (SSSR count). The Kier molecular flexibility index (Phi) is 4.19. The van der Waals surface area contributed by atoms with Gasteiger partial charge in [0.1, 0.15) is 5.01 Å². The number of aliphatic carboxylic acids is 1. The van der Waals surface area contributed by atoms with Crippen molar-refractivity contribution in [2.45, 2.75) is 45.6 Å². The molecule has 0 spiro atoms. The molecular weight excluding hydrogens is 264 g/mol. The van der Waals surface area contributed by atoms with E-state index in [9.17, 15) is 9.59 Å². The van der Waals surface area contributed by atoms with Gasteiger partial charge in [0, 0.05) is 17.5 Å². The molecule has 1 heterocycles. The number of carboxylic acid groups (broad SMARTS) is 1. The van der Waals surface area contributed by atoms with Gasteiger partial charge in [0.05, 0.1) is 12.0 Å². The summed E-state index contributed by atoms with van der Waals surface area (Å²) >= 11 is 1.58. The van der Waals surface area contributed by atoms with Crippen LogP contribution in [0.4, 0.5) is 0 Å². The molecule has 6 heteroatoms. The van der Waals surface area contributed by atoms with Crippen molar-refractivity contribution in [1.29, 1.82) is 0 Å². The minimum Gasteiger partial charge on any atom is -0.481 e. The van der Waals surface area contributed by atoms with E-state index < -0.39 is 11.4 Å². The Hall–Kier alpha value is -1.43. The Morgan fingerprint density at radius 1 is 1.53 bits per heavy atom. The van der Waals surface area contributed by atoms with E-state index in [1.807, 2.05) is 6.20 Å². The maximum Gasteiger partial charge on any atom is 0.310 e. The standard InChI is InChI=1S/C13H18N2O3S/c1-2-9-7-15-11(19-9)8-14-10(16)6-13(12(17)18)4-3-5-13/h7H,2-6,8H2,1H3,(H,14,16)(H,17,18). The molecule has 0 aromatic carbocycles. The molecule has 1 aromatic heterocycles. The third-order valence-electron chi connectivity index (χ3n) is 3.65. The predicted molar refractivity (Wildman–Crippen MR) is 71.9 cm³/mol. The van der Waals surface area contributed by atoms with Crippen molar-refractivity contribution < 1.29 is 14.7 Å². The van der Waals surface area contributed by atoms with Crippen LogP contribution in [0.5, 0.6) is 0 Å². The summed E-state index contributed by atoms with van der Waals surface area (Å²) in [5.41, 5.74) is -0.818. The van der Waals surface area contributed by atoms with E-state index in [0.29, 0.717) is 19.4 Å². The van der Waals surface area contributed by atoms with E-state index in [-0.39, 0.29) is 12.3 Å². The van der Waals surface area contributed by atoms with Crippen molar-refractivity contribution in [3.8, 4) is 0 Å². The van der Waals surface area contributed by atoms with Gasteiger partial charge < -0.3 is 10.4 Å². The average molecular weight is 282 g/mol. The highest BCUT2D eigenvalue weighted by atomic mass is 32.1. The molecule has 5 nitrogen and oxygen atoms in total. The lowest BCUT2D eigenvalue weighted by atomic mass is 9.66. The molecule has 0 aliphatic heterocycles. The van der Waals surface area contributed by atoms with Crippen LogP contribution in [0.15, 0.2) is 6.20 Å². The Balaban J connectivity index is 1.83. The van der Waals surface area contributed by atoms with E-state index in [4.69, 9.17) is 5.11 Å². The van der Waals surface area contributed by atoms with E-state index in [1.54, 1.807) is 11.3 Å². The van der Waals surface area contributed by atoms with E-state index in [1.165, 1.54) is 4.88 Å². The van der Waals surface area contributed by atoms with Gasteiger partial charge in [-0.1, -0.05) is 13.3 Å². The minimum absolute atomic E-state index is 0.0777. The van der Waals surface area contributed by atoms with Crippen LogP contribution in [0.1, 0.15) is 42.5 Å². The van der Waals surface area contributed by atoms with Gasteiger partial charge in [0.2, 0.25) is 5.91 Å². The Bertz CT molecular complexity index is 480. The molecule has 1 saturated carbocycles. The number of hydrogen-bond donors (Lipinski definition) is 2. The smallest absolute Gasteiger partial charge is 0.310 e. The summed E-state index contributed by atoms with van der Waals surface area (Å²) in [5.74, 6) is -1.05. The second kappa shape index (κ2) is 5.69. The van der Waals surface area contributed by atoms with Crippen LogP contribution in [0.2, 0.25) is 0 Å². The topological polar surface area (TPSA) is 79.3 Å². The molecule has 0 saturated heterocycles. The summed E-state index contributed by atoms with van der Waals surface area (Å²) in [4.78, 5) is 28.4. The summed E-state index contributed by atoms with van der Waals surface area (Å²) < 4.78 is 0. The van der Waals surface area contributed by atoms with Crippen molar-refractivity contribution >= 4 is 23.2 Å². The number of carboxylic acids is 1. The first-order valence-electron chi connectivity index (χ1n) is 6.49. The fraction of sp³-hybridized carbons (Fsp3) is 0.615. The van der Waals surface area contributed by atoms with Crippen LogP contribution in [-0.4, -0.2) is 22.0 Å². The molecule has 19 heavy (non-hydrogen) atoms. The number of aromatic nitrogens is 1. The van der Waals surface area contributed by atoms with Crippen molar-refractivity contribution in [2.24, 2.45) is 5.41 Å². The van der Waals surface area contributed by atoms with Crippen LogP contribution in [-0.2, 0) is 22.6 Å². The van der Waals surface area contributed by atoms with Crippen molar-refractivity contribution in [2.75, 3.05) is 0 Å². The molecule has 2 N–H and O–H groups in total. The molecule has 1 aromatic rings. The van der Waals surface area contributed by atoms with Gasteiger partial charge in [0.15, 0.2) is 0 Å². The molecule has 0 radical (unpaired) electrons.